The first-order valence-electron chi connectivity index (χ1n) is 4.87. The zero-order valence-electron chi connectivity index (χ0n) is 8.89. The van der Waals surface area contributed by atoms with E-state index in [2.05, 4.69) is 22.6 Å². The Morgan fingerprint density at radius 2 is 2.13 bits per heavy atom. The smallest absolute Gasteiger partial charge is 0.164 e. The van der Waals surface area contributed by atoms with Gasteiger partial charge in [0.15, 0.2) is 5.79 Å². The van der Waals surface area contributed by atoms with Gasteiger partial charge in [0.05, 0.1) is 12.7 Å². The summed E-state index contributed by atoms with van der Waals surface area (Å²) in [7, 11) is 0. The van der Waals surface area contributed by atoms with Crippen LogP contribution in [0.25, 0.3) is 0 Å². The second-order valence-electron chi connectivity index (χ2n) is 3.90. The highest BCUT2D eigenvalue weighted by atomic mass is 127. The van der Waals surface area contributed by atoms with Gasteiger partial charge in [-0.05, 0) is 13.8 Å². The zero-order valence-corrected chi connectivity index (χ0v) is 11.0. The number of alkyl halides is 1. The van der Waals surface area contributed by atoms with Gasteiger partial charge in [0.1, 0.15) is 12.2 Å². The fraction of sp³-hybridized carbons (Fsp3) is 0.800. The molecule has 1 fully saturated rings. The molecule has 1 rings (SSSR count). The summed E-state index contributed by atoms with van der Waals surface area (Å²) in [5.41, 5.74) is 0. The summed E-state index contributed by atoms with van der Waals surface area (Å²) < 4.78 is 11.8. The lowest BCUT2D eigenvalue weighted by atomic mass is 10.1. The third kappa shape index (κ3) is 3.67. The molecule has 1 aliphatic heterocycles. The molecule has 0 unspecified atom stereocenters. The Morgan fingerprint density at radius 3 is 2.67 bits per heavy atom. The first kappa shape index (κ1) is 13.4. The van der Waals surface area contributed by atoms with E-state index in [9.17, 15) is 5.11 Å². The molecule has 0 aliphatic carbocycles. The van der Waals surface area contributed by atoms with Crippen molar-refractivity contribution in [2.24, 2.45) is 0 Å². The molecule has 0 amide bonds. The van der Waals surface area contributed by atoms with Crippen LogP contribution in [-0.4, -0.2) is 45.3 Å². The van der Waals surface area contributed by atoms with Crippen molar-refractivity contribution < 1.29 is 19.7 Å². The molecule has 0 aromatic heterocycles. The van der Waals surface area contributed by atoms with Crippen LogP contribution in [0.2, 0.25) is 0 Å². The van der Waals surface area contributed by atoms with Crippen LogP contribution in [0.15, 0.2) is 12.2 Å². The average molecular weight is 328 g/mol. The van der Waals surface area contributed by atoms with Crippen molar-refractivity contribution >= 4 is 22.6 Å². The second kappa shape index (κ2) is 5.58. The minimum Gasteiger partial charge on any atom is -0.392 e. The van der Waals surface area contributed by atoms with Crippen LogP contribution in [0.3, 0.4) is 0 Å². The Labute approximate surface area is 103 Å². The van der Waals surface area contributed by atoms with E-state index in [0.717, 1.165) is 0 Å². The van der Waals surface area contributed by atoms with Gasteiger partial charge in [-0.2, -0.15) is 0 Å². The molecule has 3 atom stereocenters. The molecular formula is C10H17IO4. The fourth-order valence-corrected chi connectivity index (χ4v) is 2.05. The van der Waals surface area contributed by atoms with Gasteiger partial charge >= 0.3 is 0 Å². The van der Waals surface area contributed by atoms with Crippen LogP contribution < -0.4 is 0 Å². The van der Waals surface area contributed by atoms with Crippen LogP contribution in [0.4, 0.5) is 0 Å². The summed E-state index contributed by atoms with van der Waals surface area (Å²) in [5, 5.41) is 18.4. The normalized spacial score (nSPS) is 32.3. The van der Waals surface area contributed by atoms with Gasteiger partial charge in [-0.25, -0.2) is 0 Å². The van der Waals surface area contributed by atoms with Crippen LogP contribution in [0.1, 0.15) is 13.8 Å². The minimum absolute atomic E-state index is 0.0344. The number of rotatable bonds is 4. The standard InChI is InChI=1S/C10H17IO4/c1-10(2)14-8(4-3-5-12)9(15-10)7(13)6-11/h3-4,7-9,12-13H,5-6H2,1-2H3/b4-3+/t7-,8+,9-/m1/s1. The van der Waals surface area contributed by atoms with Gasteiger partial charge in [0.25, 0.3) is 0 Å². The van der Waals surface area contributed by atoms with Gasteiger partial charge in [0.2, 0.25) is 0 Å². The molecule has 1 saturated heterocycles. The number of hydrogen-bond acceptors (Lipinski definition) is 4. The fourth-order valence-electron chi connectivity index (χ4n) is 1.55. The van der Waals surface area contributed by atoms with E-state index in [1.54, 1.807) is 12.2 Å². The molecule has 0 aromatic rings. The lowest BCUT2D eigenvalue weighted by molar-refractivity contribution is -0.151. The van der Waals surface area contributed by atoms with Crippen molar-refractivity contribution in [3.8, 4) is 0 Å². The quantitative estimate of drug-likeness (QED) is 0.456. The third-order valence-electron chi connectivity index (χ3n) is 2.13. The topological polar surface area (TPSA) is 58.9 Å². The summed E-state index contributed by atoms with van der Waals surface area (Å²) in [5.74, 6) is -0.679. The molecule has 5 heteroatoms. The van der Waals surface area contributed by atoms with Gasteiger partial charge in [-0.3, -0.25) is 0 Å². The Morgan fingerprint density at radius 1 is 1.47 bits per heavy atom. The van der Waals surface area contributed by atoms with Crippen molar-refractivity contribution in [2.45, 2.75) is 37.9 Å². The van der Waals surface area contributed by atoms with Crippen molar-refractivity contribution in [3.63, 3.8) is 0 Å². The first-order chi connectivity index (χ1) is 7.00. The first-order valence-corrected chi connectivity index (χ1v) is 6.40. The monoisotopic (exact) mass is 328 g/mol. The van der Waals surface area contributed by atoms with E-state index in [4.69, 9.17) is 14.6 Å². The number of hydrogen-bond donors (Lipinski definition) is 2. The maximum atomic E-state index is 9.75. The molecule has 2 N–H and O–H groups in total. The Hall–Kier alpha value is 0.310. The minimum atomic E-state index is -0.679. The maximum Gasteiger partial charge on any atom is 0.164 e. The number of aliphatic hydroxyl groups excluding tert-OH is 2. The summed E-state index contributed by atoms with van der Waals surface area (Å²) in [6.45, 7) is 3.59. The molecule has 88 valence electrons. The van der Waals surface area contributed by atoms with Gasteiger partial charge < -0.3 is 19.7 Å². The lowest BCUT2D eigenvalue weighted by Gasteiger charge is -2.19. The lowest BCUT2D eigenvalue weighted by Crippen LogP contribution is -2.35. The van der Waals surface area contributed by atoms with Crippen LogP contribution in [-0.2, 0) is 9.47 Å². The maximum absolute atomic E-state index is 9.75. The van der Waals surface area contributed by atoms with Crippen molar-refractivity contribution in [1.29, 1.82) is 0 Å². The van der Waals surface area contributed by atoms with Crippen LogP contribution in [0, 0.1) is 0 Å². The number of halogens is 1. The van der Waals surface area contributed by atoms with E-state index in [-0.39, 0.29) is 18.8 Å². The molecular weight excluding hydrogens is 311 g/mol. The van der Waals surface area contributed by atoms with E-state index in [1.165, 1.54) is 0 Å². The largest absolute Gasteiger partial charge is 0.392 e. The zero-order chi connectivity index (χ0) is 11.5. The Balaban J connectivity index is 2.70. The molecule has 1 heterocycles. The predicted octanol–water partition coefficient (Wildman–Crippen LogP) is 0.851. The van der Waals surface area contributed by atoms with E-state index in [1.807, 2.05) is 13.8 Å². The van der Waals surface area contributed by atoms with Crippen molar-refractivity contribution in [2.75, 3.05) is 11.0 Å². The van der Waals surface area contributed by atoms with Gasteiger partial charge in [-0.1, -0.05) is 34.7 Å². The summed E-state index contributed by atoms with van der Waals surface area (Å²) in [4.78, 5) is 0. The molecule has 0 spiro atoms. The van der Waals surface area contributed by atoms with E-state index in [0.29, 0.717) is 4.43 Å². The highest BCUT2D eigenvalue weighted by molar-refractivity contribution is 14.1. The molecule has 0 radical (unpaired) electrons. The van der Waals surface area contributed by atoms with Crippen molar-refractivity contribution in [3.05, 3.63) is 12.2 Å². The SMILES string of the molecule is CC1(C)O[C@H]([C@H](O)CI)[C@H](/C=C/CO)O1. The molecule has 0 aromatic carbocycles. The summed E-state index contributed by atoms with van der Waals surface area (Å²) in [6, 6.07) is 0. The van der Waals surface area contributed by atoms with Crippen molar-refractivity contribution in [1.82, 2.24) is 0 Å². The van der Waals surface area contributed by atoms with E-state index >= 15 is 0 Å². The second-order valence-corrected chi connectivity index (χ2v) is 4.78. The average Bonchev–Trinajstić information content (AvgIpc) is 2.49. The highest BCUT2D eigenvalue weighted by Crippen LogP contribution is 2.31. The molecule has 0 saturated carbocycles. The van der Waals surface area contributed by atoms with Crippen LogP contribution >= 0.6 is 22.6 Å². The Kier molecular flexibility index (Phi) is 4.98. The number of aliphatic hydroxyl groups is 2. The molecule has 0 bridgehead atoms. The van der Waals surface area contributed by atoms with Gasteiger partial charge in [-0.15, -0.1) is 0 Å². The molecule has 1 aliphatic rings. The van der Waals surface area contributed by atoms with E-state index < -0.39 is 11.9 Å². The third-order valence-corrected chi connectivity index (χ3v) is 3.03. The summed E-state index contributed by atoms with van der Waals surface area (Å²) >= 11 is 2.10. The number of ether oxygens (including phenoxy) is 2. The predicted molar refractivity (Wildman–Crippen MR) is 64.9 cm³/mol. The molecule has 4 nitrogen and oxygen atoms in total. The summed E-state index contributed by atoms with van der Waals surface area (Å²) in [6.07, 6.45) is 2.12. The highest BCUT2D eigenvalue weighted by Gasteiger charge is 2.43. The van der Waals surface area contributed by atoms with Crippen LogP contribution in [0.5, 0.6) is 0 Å². The molecule has 15 heavy (non-hydrogen) atoms. The van der Waals surface area contributed by atoms with Gasteiger partial charge in [0, 0.05) is 4.43 Å². The Bertz CT molecular complexity index is 229.